The molecule has 3 N–H and O–H groups in total. The smallest absolute Gasteiger partial charge is 0.395 e. The number of carbonyl (C=O) groups is 1. The highest BCUT2D eigenvalue weighted by molar-refractivity contribution is 7.97. The standard InChI is InChI=1S/C25H29F3N4O2S/c1-17-15-21(29-10-13-33)6-5-18(17)7-14-35-32-11-8-24(9-12-32)23(34)30-22(31-24)19-3-2-4-20(16-19)25(26,27)28/h2-6,15-16,29,33H,7-14H2,1H3,(H,30,31,34). The quantitative estimate of drug-likeness (QED) is 0.472. The van der Waals surface area contributed by atoms with Gasteiger partial charge >= 0.3 is 6.18 Å². The van der Waals surface area contributed by atoms with Crippen LogP contribution in [0.25, 0.3) is 0 Å². The van der Waals surface area contributed by atoms with E-state index in [4.69, 9.17) is 5.11 Å². The monoisotopic (exact) mass is 506 g/mol. The molecule has 0 bridgehead atoms. The van der Waals surface area contributed by atoms with Gasteiger partial charge in [0.2, 0.25) is 0 Å². The molecule has 1 saturated heterocycles. The maximum Gasteiger partial charge on any atom is 0.416 e. The van der Waals surface area contributed by atoms with E-state index in [9.17, 15) is 18.0 Å². The van der Waals surface area contributed by atoms with Crippen molar-refractivity contribution in [2.24, 2.45) is 4.99 Å². The zero-order chi connectivity index (χ0) is 25.1. The highest BCUT2D eigenvalue weighted by atomic mass is 32.2. The number of aliphatic hydroxyl groups is 1. The highest BCUT2D eigenvalue weighted by Gasteiger charge is 2.46. The SMILES string of the molecule is Cc1cc(NCCO)ccc1CCSN1CCC2(CC1)N=C(c1cccc(C(F)(F)F)c1)NC2=O. The minimum Gasteiger partial charge on any atom is -0.395 e. The van der Waals surface area contributed by atoms with E-state index in [1.807, 2.05) is 6.07 Å². The van der Waals surface area contributed by atoms with E-state index in [1.54, 1.807) is 11.9 Å². The lowest BCUT2D eigenvalue weighted by Crippen LogP contribution is -2.47. The van der Waals surface area contributed by atoms with Crippen molar-refractivity contribution in [1.82, 2.24) is 9.62 Å². The summed E-state index contributed by atoms with van der Waals surface area (Å²) in [5.74, 6) is 0.886. The van der Waals surface area contributed by atoms with Gasteiger partial charge in [-0.3, -0.25) is 14.1 Å². The summed E-state index contributed by atoms with van der Waals surface area (Å²) in [6, 6.07) is 11.1. The third kappa shape index (κ3) is 5.99. The number of anilines is 1. The van der Waals surface area contributed by atoms with Crippen LogP contribution in [0.2, 0.25) is 0 Å². The molecule has 188 valence electrons. The number of aliphatic hydroxyl groups excluding tert-OH is 1. The highest BCUT2D eigenvalue weighted by Crippen LogP contribution is 2.35. The molecule has 1 spiro atoms. The van der Waals surface area contributed by atoms with Crippen LogP contribution in [0, 0.1) is 6.92 Å². The average molecular weight is 507 g/mol. The fraction of sp³-hybridized carbons (Fsp3) is 0.440. The van der Waals surface area contributed by atoms with E-state index >= 15 is 0 Å². The third-order valence-corrected chi connectivity index (χ3v) is 7.54. The third-order valence-electron chi connectivity index (χ3n) is 6.42. The lowest BCUT2D eigenvalue weighted by atomic mass is 9.89. The van der Waals surface area contributed by atoms with Gasteiger partial charge in [-0.2, -0.15) is 13.2 Å². The summed E-state index contributed by atoms with van der Waals surface area (Å²) in [4.78, 5) is 17.3. The molecule has 2 aliphatic rings. The minimum atomic E-state index is -4.45. The Balaban J connectivity index is 1.31. The van der Waals surface area contributed by atoms with Crippen LogP contribution >= 0.6 is 11.9 Å². The van der Waals surface area contributed by atoms with Crippen LogP contribution in [0.3, 0.4) is 0 Å². The van der Waals surface area contributed by atoms with Gasteiger partial charge in [-0.05, 0) is 61.6 Å². The number of amides is 1. The first-order valence-corrected chi connectivity index (χ1v) is 12.6. The molecule has 35 heavy (non-hydrogen) atoms. The molecular formula is C25H29F3N4O2S. The molecule has 0 aliphatic carbocycles. The predicted octanol–water partition coefficient (Wildman–Crippen LogP) is 4.02. The van der Waals surface area contributed by atoms with Gasteiger partial charge in [0.1, 0.15) is 11.4 Å². The zero-order valence-electron chi connectivity index (χ0n) is 19.5. The molecule has 10 heteroatoms. The predicted molar refractivity (Wildman–Crippen MR) is 133 cm³/mol. The van der Waals surface area contributed by atoms with Gasteiger partial charge in [-0.15, -0.1) is 0 Å². The number of hydrogen-bond donors (Lipinski definition) is 3. The number of carbonyl (C=O) groups excluding carboxylic acids is 1. The first kappa shape index (κ1) is 25.5. The molecule has 0 unspecified atom stereocenters. The summed E-state index contributed by atoms with van der Waals surface area (Å²) in [5, 5.41) is 14.8. The van der Waals surface area contributed by atoms with Gasteiger partial charge in [-0.25, -0.2) is 0 Å². The number of halogens is 3. The second kappa shape index (κ2) is 10.6. The number of amidine groups is 1. The van der Waals surface area contributed by atoms with E-state index < -0.39 is 17.3 Å². The maximum absolute atomic E-state index is 13.1. The van der Waals surface area contributed by atoms with Crippen molar-refractivity contribution in [2.75, 3.05) is 37.3 Å². The van der Waals surface area contributed by atoms with Crippen molar-refractivity contribution in [2.45, 2.75) is 37.9 Å². The first-order chi connectivity index (χ1) is 16.7. The van der Waals surface area contributed by atoms with Crippen molar-refractivity contribution in [3.63, 3.8) is 0 Å². The molecule has 0 atom stereocenters. The number of nitrogens with one attached hydrogen (secondary N) is 2. The molecule has 2 aromatic rings. The normalized spacial score (nSPS) is 18.0. The Labute approximate surface area is 207 Å². The lowest BCUT2D eigenvalue weighted by molar-refractivity contribution is -0.137. The van der Waals surface area contributed by atoms with Crippen molar-refractivity contribution in [3.05, 3.63) is 64.7 Å². The fourth-order valence-corrected chi connectivity index (χ4v) is 5.40. The van der Waals surface area contributed by atoms with E-state index in [0.29, 0.717) is 32.5 Å². The molecule has 2 heterocycles. The van der Waals surface area contributed by atoms with Crippen LogP contribution < -0.4 is 10.6 Å². The van der Waals surface area contributed by atoms with E-state index in [2.05, 4.69) is 39.0 Å². The van der Waals surface area contributed by atoms with Gasteiger partial charge in [0.05, 0.1) is 12.2 Å². The number of aryl methyl sites for hydroxylation is 2. The molecule has 1 fully saturated rings. The number of nitrogens with zero attached hydrogens (tertiary/aromatic N) is 2. The molecule has 4 rings (SSSR count). The summed E-state index contributed by atoms with van der Waals surface area (Å²) in [5.41, 5.74) is 2.07. The van der Waals surface area contributed by atoms with Crippen molar-refractivity contribution in [1.29, 1.82) is 0 Å². The van der Waals surface area contributed by atoms with Gasteiger partial charge in [0.25, 0.3) is 5.91 Å². The number of aliphatic imine (C=N–C) groups is 1. The van der Waals surface area contributed by atoms with Gasteiger partial charge < -0.3 is 15.7 Å². The largest absolute Gasteiger partial charge is 0.416 e. The topological polar surface area (TPSA) is 77.0 Å². The second-order valence-electron chi connectivity index (χ2n) is 8.83. The van der Waals surface area contributed by atoms with Gasteiger partial charge in [0, 0.05) is 36.6 Å². The first-order valence-electron chi connectivity index (χ1n) is 11.6. The molecule has 0 radical (unpaired) electrons. The summed E-state index contributed by atoms with van der Waals surface area (Å²) in [6.45, 7) is 4.05. The molecule has 0 saturated carbocycles. The fourth-order valence-electron chi connectivity index (χ4n) is 4.39. The summed E-state index contributed by atoms with van der Waals surface area (Å²) >= 11 is 1.74. The van der Waals surface area contributed by atoms with Crippen molar-refractivity contribution < 1.29 is 23.1 Å². The van der Waals surface area contributed by atoms with Crippen LogP contribution in [-0.2, 0) is 17.4 Å². The number of rotatable bonds is 8. The number of benzene rings is 2. The Bertz CT molecular complexity index is 1100. The second-order valence-corrected chi connectivity index (χ2v) is 10.0. The molecule has 0 aromatic heterocycles. The number of alkyl halides is 3. The van der Waals surface area contributed by atoms with Crippen molar-refractivity contribution >= 4 is 29.4 Å². The number of piperidine rings is 1. The zero-order valence-corrected chi connectivity index (χ0v) is 20.3. The van der Waals surface area contributed by atoms with Gasteiger partial charge in [-0.1, -0.05) is 30.1 Å². The van der Waals surface area contributed by atoms with Crippen LogP contribution in [0.1, 0.15) is 35.1 Å². The Morgan fingerprint density at radius 2 is 1.97 bits per heavy atom. The molecule has 2 aliphatic heterocycles. The Morgan fingerprint density at radius 1 is 1.20 bits per heavy atom. The summed E-state index contributed by atoms with van der Waals surface area (Å²) in [6.07, 6.45) is -2.48. The van der Waals surface area contributed by atoms with E-state index in [1.165, 1.54) is 23.3 Å². The van der Waals surface area contributed by atoms with Crippen LogP contribution in [-0.4, -0.2) is 58.7 Å². The molecular weight excluding hydrogens is 477 g/mol. The molecule has 6 nitrogen and oxygen atoms in total. The minimum absolute atomic E-state index is 0.0914. The van der Waals surface area contributed by atoms with E-state index in [0.717, 1.165) is 30.0 Å². The van der Waals surface area contributed by atoms with Crippen molar-refractivity contribution in [3.8, 4) is 0 Å². The average Bonchev–Trinajstić information content (AvgIpc) is 3.15. The molecule has 2 aromatic carbocycles. The summed E-state index contributed by atoms with van der Waals surface area (Å²) in [7, 11) is 0. The van der Waals surface area contributed by atoms with Gasteiger partial charge in [0.15, 0.2) is 0 Å². The Morgan fingerprint density at radius 3 is 2.66 bits per heavy atom. The Hall–Kier alpha value is -2.56. The van der Waals surface area contributed by atoms with Crippen LogP contribution in [0.5, 0.6) is 0 Å². The van der Waals surface area contributed by atoms with E-state index in [-0.39, 0.29) is 23.9 Å². The summed E-state index contributed by atoms with van der Waals surface area (Å²) < 4.78 is 41.5. The van der Waals surface area contributed by atoms with Crippen LogP contribution in [0.15, 0.2) is 47.5 Å². The Kier molecular flexibility index (Phi) is 7.73. The molecule has 1 amide bonds. The number of hydrogen-bond acceptors (Lipinski definition) is 6. The maximum atomic E-state index is 13.1. The lowest BCUT2D eigenvalue weighted by Gasteiger charge is -2.34. The van der Waals surface area contributed by atoms with Crippen LogP contribution in [0.4, 0.5) is 18.9 Å².